The highest BCUT2D eigenvalue weighted by Gasteiger charge is 2.35. The summed E-state index contributed by atoms with van der Waals surface area (Å²) in [4.78, 5) is 25.9. The number of carbonyl (C=O) groups excluding carboxylic acids is 2. The van der Waals surface area contributed by atoms with E-state index in [9.17, 15) is 19.1 Å². The third kappa shape index (κ3) is 4.63. The first-order valence-electron chi connectivity index (χ1n) is 9.72. The third-order valence-electron chi connectivity index (χ3n) is 5.33. The van der Waals surface area contributed by atoms with Crippen molar-refractivity contribution < 1.29 is 23.8 Å². The second-order valence-electron chi connectivity index (χ2n) is 7.56. The maximum absolute atomic E-state index is 13.2. The number of carbonyl (C=O) groups is 2. The van der Waals surface area contributed by atoms with Crippen molar-refractivity contribution in [1.82, 2.24) is 4.90 Å². The summed E-state index contributed by atoms with van der Waals surface area (Å²) in [5.74, 6) is -0.425. The highest BCUT2D eigenvalue weighted by atomic mass is 19.1. The van der Waals surface area contributed by atoms with Crippen LogP contribution in [0.25, 0.3) is 0 Å². The SMILES string of the molecule is O=C(Nc1ccc([C@@H](O)[C@H]2COCC(=O)N2Cc2ccc(F)cc2)cc1)C1CC1. The second-order valence-corrected chi connectivity index (χ2v) is 7.56. The van der Waals surface area contributed by atoms with Crippen molar-refractivity contribution in [2.24, 2.45) is 5.92 Å². The lowest BCUT2D eigenvalue weighted by Gasteiger charge is -2.38. The van der Waals surface area contributed by atoms with Crippen LogP contribution in [0.5, 0.6) is 0 Å². The Morgan fingerprint density at radius 1 is 1.17 bits per heavy atom. The second kappa shape index (κ2) is 8.31. The van der Waals surface area contributed by atoms with Crippen LogP contribution >= 0.6 is 0 Å². The Kier molecular flexibility index (Phi) is 5.60. The molecule has 0 radical (unpaired) electrons. The Morgan fingerprint density at radius 3 is 2.52 bits per heavy atom. The van der Waals surface area contributed by atoms with Gasteiger partial charge in [0.1, 0.15) is 18.5 Å². The van der Waals surface area contributed by atoms with Crippen molar-refractivity contribution in [3.63, 3.8) is 0 Å². The van der Waals surface area contributed by atoms with E-state index in [1.165, 1.54) is 12.1 Å². The van der Waals surface area contributed by atoms with E-state index < -0.39 is 12.1 Å². The van der Waals surface area contributed by atoms with Gasteiger partial charge in [0.15, 0.2) is 0 Å². The predicted molar refractivity (Wildman–Crippen MR) is 104 cm³/mol. The number of aliphatic hydroxyl groups is 1. The number of nitrogens with zero attached hydrogens (tertiary/aromatic N) is 1. The number of rotatable bonds is 6. The molecule has 4 rings (SSSR count). The fourth-order valence-electron chi connectivity index (χ4n) is 3.45. The van der Waals surface area contributed by atoms with Crippen LogP contribution in [0.3, 0.4) is 0 Å². The van der Waals surface area contributed by atoms with E-state index in [0.717, 1.165) is 18.4 Å². The number of ether oxygens (including phenoxy) is 1. The number of halogens is 1. The molecule has 1 aliphatic heterocycles. The molecule has 0 unspecified atom stereocenters. The summed E-state index contributed by atoms with van der Waals surface area (Å²) in [6, 6.07) is 12.3. The van der Waals surface area contributed by atoms with Gasteiger partial charge in [0, 0.05) is 18.2 Å². The number of anilines is 1. The molecule has 1 saturated heterocycles. The normalized spacial score (nSPS) is 20.4. The van der Waals surface area contributed by atoms with Gasteiger partial charge in [-0.25, -0.2) is 4.39 Å². The quantitative estimate of drug-likeness (QED) is 0.784. The molecule has 1 aliphatic carbocycles. The van der Waals surface area contributed by atoms with Crippen molar-refractivity contribution >= 4 is 17.5 Å². The summed E-state index contributed by atoms with van der Waals surface area (Å²) in [5, 5.41) is 13.8. The molecule has 2 atom stereocenters. The molecule has 0 aromatic heterocycles. The molecule has 2 aromatic rings. The van der Waals surface area contributed by atoms with Crippen LogP contribution in [0.2, 0.25) is 0 Å². The van der Waals surface area contributed by atoms with E-state index in [0.29, 0.717) is 11.3 Å². The zero-order valence-electron chi connectivity index (χ0n) is 15.9. The van der Waals surface area contributed by atoms with E-state index in [1.807, 2.05) is 0 Å². The van der Waals surface area contributed by atoms with Crippen LogP contribution in [0.4, 0.5) is 10.1 Å². The van der Waals surface area contributed by atoms with Gasteiger partial charge >= 0.3 is 0 Å². The summed E-state index contributed by atoms with van der Waals surface area (Å²) in [5.41, 5.74) is 2.08. The topological polar surface area (TPSA) is 78.9 Å². The highest BCUT2D eigenvalue weighted by Crippen LogP contribution is 2.31. The predicted octanol–water partition coefficient (Wildman–Crippen LogP) is 2.64. The van der Waals surface area contributed by atoms with Crippen LogP contribution in [0.1, 0.15) is 30.1 Å². The van der Waals surface area contributed by atoms with Crippen molar-refractivity contribution in [2.75, 3.05) is 18.5 Å². The van der Waals surface area contributed by atoms with Gasteiger partial charge in [-0.05, 0) is 48.2 Å². The molecule has 2 amide bonds. The molecular formula is C22H23FN2O4. The van der Waals surface area contributed by atoms with Crippen LogP contribution in [0, 0.1) is 11.7 Å². The molecule has 0 spiro atoms. The molecular weight excluding hydrogens is 375 g/mol. The van der Waals surface area contributed by atoms with Crippen LogP contribution in [-0.2, 0) is 20.9 Å². The standard InChI is InChI=1S/C22H23FN2O4/c23-17-7-1-14(2-8-17)11-25-19(12-29-13-20(25)26)21(27)15-5-9-18(10-6-15)24-22(28)16-3-4-16/h1-2,5-10,16,19,21,27H,3-4,11-13H2,(H,24,28)/t19-,21-/m1/s1. The van der Waals surface area contributed by atoms with Crippen molar-refractivity contribution in [3.8, 4) is 0 Å². The zero-order chi connectivity index (χ0) is 20.4. The lowest BCUT2D eigenvalue weighted by atomic mass is 9.99. The van der Waals surface area contributed by atoms with Gasteiger partial charge in [0.25, 0.3) is 0 Å². The number of hydrogen-bond donors (Lipinski definition) is 2. The lowest BCUT2D eigenvalue weighted by Crippen LogP contribution is -2.51. The minimum Gasteiger partial charge on any atom is -0.386 e. The van der Waals surface area contributed by atoms with E-state index in [2.05, 4.69) is 5.32 Å². The number of hydrogen-bond acceptors (Lipinski definition) is 4. The fourth-order valence-corrected chi connectivity index (χ4v) is 3.45. The first-order chi connectivity index (χ1) is 14.0. The Labute approximate surface area is 168 Å². The monoisotopic (exact) mass is 398 g/mol. The Balaban J connectivity index is 1.47. The molecule has 152 valence electrons. The molecule has 1 saturated carbocycles. The molecule has 2 N–H and O–H groups in total. The molecule has 0 bridgehead atoms. The molecule has 2 fully saturated rings. The first kappa shape index (κ1) is 19.5. The van der Waals surface area contributed by atoms with E-state index in [-0.39, 0.29) is 43.3 Å². The molecule has 2 aromatic carbocycles. The van der Waals surface area contributed by atoms with Crippen molar-refractivity contribution in [2.45, 2.75) is 31.5 Å². The van der Waals surface area contributed by atoms with Gasteiger partial charge < -0.3 is 20.1 Å². The van der Waals surface area contributed by atoms with Crippen LogP contribution in [0.15, 0.2) is 48.5 Å². The Morgan fingerprint density at radius 2 is 1.86 bits per heavy atom. The third-order valence-corrected chi connectivity index (χ3v) is 5.33. The van der Waals surface area contributed by atoms with Crippen LogP contribution in [-0.4, -0.2) is 41.1 Å². The van der Waals surface area contributed by atoms with E-state index >= 15 is 0 Å². The maximum Gasteiger partial charge on any atom is 0.249 e. The van der Waals surface area contributed by atoms with Crippen molar-refractivity contribution in [3.05, 3.63) is 65.5 Å². The van der Waals surface area contributed by atoms with Gasteiger partial charge in [-0.2, -0.15) is 0 Å². The summed E-state index contributed by atoms with van der Waals surface area (Å²) in [7, 11) is 0. The van der Waals surface area contributed by atoms with Gasteiger partial charge in [-0.3, -0.25) is 9.59 Å². The minimum atomic E-state index is -0.951. The Hall–Kier alpha value is -2.77. The fraction of sp³-hybridized carbons (Fsp3) is 0.364. The van der Waals surface area contributed by atoms with E-state index in [4.69, 9.17) is 4.74 Å². The average molecular weight is 398 g/mol. The zero-order valence-corrected chi connectivity index (χ0v) is 15.9. The van der Waals surface area contributed by atoms with Gasteiger partial charge in [-0.15, -0.1) is 0 Å². The molecule has 1 heterocycles. The number of aliphatic hydroxyl groups excluding tert-OH is 1. The average Bonchev–Trinajstić information content (AvgIpc) is 3.57. The highest BCUT2D eigenvalue weighted by molar-refractivity contribution is 5.94. The molecule has 6 nitrogen and oxygen atoms in total. The number of morpholine rings is 1. The maximum atomic E-state index is 13.2. The summed E-state index contributed by atoms with van der Waals surface area (Å²) in [6.07, 6.45) is 0.915. The smallest absolute Gasteiger partial charge is 0.249 e. The van der Waals surface area contributed by atoms with Gasteiger partial charge in [-0.1, -0.05) is 24.3 Å². The summed E-state index contributed by atoms with van der Waals surface area (Å²) < 4.78 is 18.5. The van der Waals surface area contributed by atoms with E-state index in [1.54, 1.807) is 41.3 Å². The Bertz CT molecular complexity index is 881. The number of amides is 2. The first-order valence-corrected chi connectivity index (χ1v) is 9.72. The van der Waals surface area contributed by atoms with Gasteiger partial charge in [0.05, 0.1) is 12.6 Å². The van der Waals surface area contributed by atoms with Gasteiger partial charge in [0.2, 0.25) is 11.8 Å². The summed E-state index contributed by atoms with van der Waals surface area (Å²) in [6.45, 7) is 0.421. The lowest BCUT2D eigenvalue weighted by molar-refractivity contribution is -0.155. The largest absolute Gasteiger partial charge is 0.386 e. The summed E-state index contributed by atoms with van der Waals surface area (Å²) >= 11 is 0. The van der Waals surface area contributed by atoms with Crippen LogP contribution < -0.4 is 5.32 Å². The molecule has 2 aliphatic rings. The number of benzene rings is 2. The number of nitrogens with one attached hydrogen (secondary N) is 1. The molecule has 7 heteroatoms. The minimum absolute atomic E-state index is 0.0232. The van der Waals surface area contributed by atoms with Crippen molar-refractivity contribution in [1.29, 1.82) is 0 Å². The molecule has 29 heavy (non-hydrogen) atoms.